The van der Waals surface area contributed by atoms with E-state index in [1.807, 2.05) is 12.1 Å². The predicted molar refractivity (Wildman–Crippen MR) is 67.0 cm³/mol. The van der Waals surface area contributed by atoms with Crippen LogP contribution < -0.4 is 9.47 Å². The van der Waals surface area contributed by atoms with Gasteiger partial charge in [-0.05, 0) is 35.9 Å². The monoisotopic (exact) mass is 243 g/mol. The second kappa shape index (κ2) is 5.82. The highest BCUT2D eigenvalue weighted by Crippen LogP contribution is 2.23. The maximum absolute atomic E-state index is 11.0. The van der Waals surface area contributed by atoms with E-state index in [0.29, 0.717) is 23.7 Å². The normalized spacial score (nSPS) is 9.83. The van der Waals surface area contributed by atoms with Gasteiger partial charge in [-0.2, -0.15) is 0 Å². The van der Waals surface area contributed by atoms with Crippen LogP contribution in [-0.4, -0.2) is 18.4 Å². The second-order valence-corrected chi connectivity index (χ2v) is 3.67. The Bertz CT molecular complexity index is 526. The molecular weight excluding hydrogens is 230 g/mol. The molecule has 92 valence electrons. The first-order chi connectivity index (χ1) is 8.83. The van der Waals surface area contributed by atoms with Crippen LogP contribution in [0.3, 0.4) is 0 Å². The maximum atomic E-state index is 11.0. The molecular formula is C14H13NO3. The summed E-state index contributed by atoms with van der Waals surface area (Å²) in [6, 6.07) is 8.86. The lowest BCUT2D eigenvalue weighted by molar-refractivity contribution is 0.111. The summed E-state index contributed by atoms with van der Waals surface area (Å²) in [6.07, 6.45) is 4.16. The standard InChI is InChI=1S/C14H13NO3/c1-17-13-2-3-14(12(8-13)9-16)18-10-11-4-6-15-7-5-11/h2-9H,10H2,1H3. The van der Waals surface area contributed by atoms with Gasteiger partial charge in [0, 0.05) is 12.4 Å². The van der Waals surface area contributed by atoms with Crippen molar-refractivity contribution in [2.24, 2.45) is 0 Å². The largest absolute Gasteiger partial charge is 0.497 e. The minimum Gasteiger partial charge on any atom is -0.497 e. The lowest BCUT2D eigenvalue weighted by Crippen LogP contribution is -1.98. The fourth-order valence-corrected chi connectivity index (χ4v) is 1.52. The molecule has 4 heteroatoms. The van der Waals surface area contributed by atoms with Crippen LogP contribution in [0.5, 0.6) is 11.5 Å². The number of nitrogens with zero attached hydrogens (tertiary/aromatic N) is 1. The maximum Gasteiger partial charge on any atom is 0.153 e. The molecule has 0 aliphatic rings. The van der Waals surface area contributed by atoms with Gasteiger partial charge in [-0.15, -0.1) is 0 Å². The van der Waals surface area contributed by atoms with Gasteiger partial charge in [-0.1, -0.05) is 0 Å². The van der Waals surface area contributed by atoms with E-state index in [1.165, 1.54) is 0 Å². The van der Waals surface area contributed by atoms with Crippen LogP contribution in [0.4, 0.5) is 0 Å². The summed E-state index contributed by atoms with van der Waals surface area (Å²) < 4.78 is 10.7. The molecule has 0 aliphatic carbocycles. The van der Waals surface area contributed by atoms with Gasteiger partial charge in [0.15, 0.2) is 6.29 Å². The first kappa shape index (κ1) is 12.1. The molecule has 2 rings (SSSR count). The van der Waals surface area contributed by atoms with Crippen molar-refractivity contribution in [1.29, 1.82) is 0 Å². The van der Waals surface area contributed by atoms with E-state index in [2.05, 4.69) is 4.98 Å². The predicted octanol–water partition coefficient (Wildman–Crippen LogP) is 2.48. The van der Waals surface area contributed by atoms with Crippen molar-refractivity contribution < 1.29 is 14.3 Å². The molecule has 2 aromatic rings. The molecule has 1 aromatic carbocycles. The van der Waals surface area contributed by atoms with Crippen LogP contribution in [0.15, 0.2) is 42.7 Å². The number of hydrogen-bond acceptors (Lipinski definition) is 4. The van der Waals surface area contributed by atoms with Crippen molar-refractivity contribution in [3.63, 3.8) is 0 Å². The molecule has 0 spiro atoms. The molecule has 0 aliphatic heterocycles. The lowest BCUT2D eigenvalue weighted by atomic mass is 10.2. The Morgan fingerprint density at radius 3 is 2.67 bits per heavy atom. The summed E-state index contributed by atoms with van der Waals surface area (Å²) in [7, 11) is 1.56. The average Bonchev–Trinajstić information content (AvgIpc) is 2.46. The number of carbonyl (C=O) groups is 1. The smallest absolute Gasteiger partial charge is 0.153 e. The number of ether oxygens (including phenoxy) is 2. The van der Waals surface area contributed by atoms with Gasteiger partial charge in [0.05, 0.1) is 12.7 Å². The third-order valence-corrected chi connectivity index (χ3v) is 2.49. The number of pyridine rings is 1. The highest BCUT2D eigenvalue weighted by molar-refractivity contribution is 5.80. The van der Waals surface area contributed by atoms with Gasteiger partial charge >= 0.3 is 0 Å². The fraction of sp³-hybridized carbons (Fsp3) is 0.143. The van der Waals surface area contributed by atoms with E-state index in [-0.39, 0.29) is 0 Å². The Morgan fingerprint density at radius 2 is 2.00 bits per heavy atom. The highest BCUT2D eigenvalue weighted by atomic mass is 16.5. The third-order valence-electron chi connectivity index (χ3n) is 2.49. The summed E-state index contributed by atoms with van der Waals surface area (Å²) in [5, 5.41) is 0. The second-order valence-electron chi connectivity index (χ2n) is 3.67. The fourth-order valence-electron chi connectivity index (χ4n) is 1.52. The van der Waals surface area contributed by atoms with Gasteiger partial charge in [-0.3, -0.25) is 9.78 Å². The molecule has 0 fully saturated rings. The van der Waals surface area contributed by atoms with Crippen LogP contribution in [0.25, 0.3) is 0 Å². The number of hydrogen-bond donors (Lipinski definition) is 0. The van der Waals surface area contributed by atoms with Crippen molar-refractivity contribution >= 4 is 6.29 Å². The molecule has 0 unspecified atom stereocenters. The van der Waals surface area contributed by atoms with Crippen molar-refractivity contribution in [3.8, 4) is 11.5 Å². The number of rotatable bonds is 5. The molecule has 0 saturated heterocycles. The van der Waals surface area contributed by atoms with Gasteiger partial charge < -0.3 is 9.47 Å². The van der Waals surface area contributed by atoms with Crippen LogP contribution in [0.1, 0.15) is 15.9 Å². The van der Waals surface area contributed by atoms with Crippen LogP contribution in [0, 0.1) is 0 Å². The number of aldehydes is 1. The first-order valence-electron chi connectivity index (χ1n) is 5.48. The Morgan fingerprint density at radius 1 is 1.22 bits per heavy atom. The van der Waals surface area contributed by atoms with Crippen molar-refractivity contribution in [1.82, 2.24) is 4.98 Å². The Balaban J connectivity index is 2.12. The molecule has 0 atom stereocenters. The van der Waals surface area contributed by atoms with E-state index in [0.717, 1.165) is 11.8 Å². The zero-order valence-corrected chi connectivity index (χ0v) is 10.00. The topological polar surface area (TPSA) is 48.4 Å². The molecule has 0 N–H and O–H groups in total. The molecule has 0 bridgehead atoms. The number of aromatic nitrogens is 1. The molecule has 0 saturated carbocycles. The Labute approximate surface area is 105 Å². The van der Waals surface area contributed by atoms with E-state index < -0.39 is 0 Å². The van der Waals surface area contributed by atoms with Gasteiger partial charge in [0.25, 0.3) is 0 Å². The SMILES string of the molecule is COc1ccc(OCc2ccncc2)c(C=O)c1. The van der Waals surface area contributed by atoms with Gasteiger partial charge in [-0.25, -0.2) is 0 Å². The summed E-state index contributed by atoms with van der Waals surface area (Å²) in [4.78, 5) is 14.9. The molecule has 1 heterocycles. The van der Waals surface area contributed by atoms with Crippen molar-refractivity contribution in [2.45, 2.75) is 6.61 Å². The molecule has 1 aromatic heterocycles. The Kier molecular flexibility index (Phi) is 3.91. The van der Waals surface area contributed by atoms with Gasteiger partial charge in [0.1, 0.15) is 18.1 Å². The van der Waals surface area contributed by atoms with E-state index in [1.54, 1.807) is 37.7 Å². The first-order valence-corrected chi connectivity index (χ1v) is 5.48. The minimum absolute atomic E-state index is 0.399. The zero-order valence-electron chi connectivity index (χ0n) is 10.00. The lowest BCUT2D eigenvalue weighted by Gasteiger charge is -2.09. The average molecular weight is 243 g/mol. The summed E-state index contributed by atoms with van der Waals surface area (Å²) in [6.45, 7) is 0.399. The van der Waals surface area contributed by atoms with Gasteiger partial charge in [0.2, 0.25) is 0 Å². The van der Waals surface area contributed by atoms with E-state index in [4.69, 9.17) is 9.47 Å². The number of methoxy groups -OCH3 is 1. The summed E-state index contributed by atoms with van der Waals surface area (Å²) >= 11 is 0. The Hall–Kier alpha value is -2.36. The van der Waals surface area contributed by atoms with Crippen LogP contribution in [-0.2, 0) is 6.61 Å². The number of benzene rings is 1. The minimum atomic E-state index is 0.399. The highest BCUT2D eigenvalue weighted by Gasteiger charge is 2.05. The van der Waals surface area contributed by atoms with E-state index in [9.17, 15) is 4.79 Å². The van der Waals surface area contributed by atoms with Crippen molar-refractivity contribution in [3.05, 3.63) is 53.9 Å². The molecule has 4 nitrogen and oxygen atoms in total. The molecule has 0 radical (unpaired) electrons. The third kappa shape index (κ3) is 2.85. The zero-order chi connectivity index (χ0) is 12.8. The quantitative estimate of drug-likeness (QED) is 0.757. The molecule has 18 heavy (non-hydrogen) atoms. The van der Waals surface area contributed by atoms with Crippen molar-refractivity contribution in [2.75, 3.05) is 7.11 Å². The van der Waals surface area contributed by atoms with Crippen LogP contribution >= 0.6 is 0 Å². The van der Waals surface area contributed by atoms with E-state index >= 15 is 0 Å². The number of carbonyl (C=O) groups excluding carboxylic acids is 1. The van der Waals surface area contributed by atoms with Crippen LogP contribution in [0.2, 0.25) is 0 Å². The molecule has 0 amide bonds. The summed E-state index contributed by atoms with van der Waals surface area (Å²) in [5.74, 6) is 1.18. The summed E-state index contributed by atoms with van der Waals surface area (Å²) in [5.41, 5.74) is 1.47.